The van der Waals surface area contributed by atoms with E-state index in [9.17, 15) is 0 Å². The van der Waals surface area contributed by atoms with Crippen LogP contribution >= 0.6 is 12.4 Å². The Bertz CT molecular complexity index is 395. The molecule has 0 aliphatic carbocycles. The predicted molar refractivity (Wildman–Crippen MR) is 71.0 cm³/mol. The van der Waals surface area contributed by atoms with Gasteiger partial charge in [0.05, 0.1) is 0 Å². The molecular formula is C13H17ClN2. The molecule has 2 rings (SSSR count). The average molecular weight is 237 g/mol. The van der Waals surface area contributed by atoms with Crippen LogP contribution in [-0.4, -0.2) is 9.55 Å². The van der Waals surface area contributed by atoms with Gasteiger partial charge in [-0.25, -0.2) is 4.98 Å². The Hall–Kier alpha value is -1.54. The van der Waals surface area contributed by atoms with Crippen molar-refractivity contribution in [3.8, 4) is 0 Å². The Morgan fingerprint density at radius 1 is 1.19 bits per heavy atom. The highest BCUT2D eigenvalue weighted by Crippen LogP contribution is 2.05. The van der Waals surface area contributed by atoms with Gasteiger partial charge in [0.1, 0.15) is 5.82 Å². The second kappa shape index (κ2) is 7.71. The van der Waals surface area contributed by atoms with Crippen LogP contribution < -0.4 is 0 Å². The van der Waals surface area contributed by atoms with Gasteiger partial charge in [-0.05, 0) is 5.56 Å². The minimum absolute atomic E-state index is 0. The lowest BCUT2D eigenvalue weighted by atomic mass is 10.1. The summed E-state index contributed by atoms with van der Waals surface area (Å²) in [7, 11) is 2.02. The van der Waals surface area contributed by atoms with Crippen molar-refractivity contribution in [1.29, 1.82) is 0 Å². The zero-order chi connectivity index (χ0) is 11.1. The fraction of sp³-hybridized carbons (Fsp3) is 0.154. The molecule has 0 aliphatic heterocycles. The van der Waals surface area contributed by atoms with Crippen LogP contribution in [0.3, 0.4) is 0 Å². The van der Waals surface area contributed by atoms with Crippen molar-refractivity contribution in [3.05, 3.63) is 67.3 Å². The summed E-state index contributed by atoms with van der Waals surface area (Å²) in [6.07, 6.45) is 4.71. The van der Waals surface area contributed by atoms with E-state index >= 15 is 0 Å². The van der Waals surface area contributed by atoms with Crippen LogP contribution in [0.4, 0.5) is 0 Å². The molecule has 1 heterocycles. The Morgan fingerprint density at radius 3 is 2.31 bits per heavy atom. The highest BCUT2D eigenvalue weighted by atomic mass is 35.5. The molecule has 3 heteroatoms. The van der Waals surface area contributed by atoms with Crippen LogP contribution in [0.2, 0.25) is 0 Å². The van der Waals surface area contributed by atoms with Crippen molar-refractivity contribution in [2.75, 3.05) is 0 Å². The van der Waals surface area contributed by atoms with Crippen molar-refractivity contribution < 1.29 is 0 Å². The average Bonchev–Trinajstić information content (AvgIpc) is 2.69. The first kappa shape index (κ1) is 14.5. The molecule has 2 aromatic rings. The summed E-state index contributed by atoms with van der Waals surface area (Å²) in [4.78, 5) is 4.27. The van der Waals surface area contributed by atoms with Crippen LogP contribution in [-0.2, 0) is 13.5 Å². The van der Waals surface area contributed by atoms with E-state index in [1.807, 2.05) is 30.1 Å². The molecule has 0 unspecified atom stereocenters. The van der Waals surface area contributed by atoms with Gasteiger partial charge in [-0.15, -0.1) is 25.6 Å². The lowest BCUT2D eigenvalue weighted by molar-refractivity contribution is 0.822. The topological polar surface area (TPSA) is 17.8 Å². The van der Waals surface area contributed by atoms with Crippen molar-refractivity contribution >= 4 is 12.4 Å². The summed E-state index contributed by atoms with van der Waals surface area (Å²) in [6.45, 7) is 6.00. The monoisotopic (exact) mass is 236 g/mol. The van der Waals surface area contributed by atoms with E-state index < -0.39 is 0 Å². The summed E-state index contributed by atoms with van der Waals surface area (Å²) in [6, 6.07) is 10.4. The summed E-state index contributed by atoms with van der Waals surface area (Å²) >= 11 is 0. The van der Waals surface area contributed by atoms with Gasteiger partial charge in [0.25, 0.3) is 0 Å². The lowest BCUT2D eigenvalue weighted by Crippen LogP contribution is -1.97. The van der Waals surface area contributed by atoms with Crippen LogP contribution in [0.1, 0.15) is 11.4 Å². The summed E-state index contributed by atoms with van der Waals surface area (Å²) < 4.78 is 2.05. The molecule has 16 heavy (non-hydrogen) atoms. The quantitative estimate of drug-likeness (QED) is 0.732. The highest BCUT2D eigenvalue weighted by Gasteiger charge is 1.99. The van der Waals surface area contributed by atoms with Gasteiger partial charge in [0.2, 0.25) is 0 Å². The molecule has 0 saturated heterocycles. The van der Waals surface area contributed by atoms with E-state index in [1.165, 1.54) is 5.56 Å². The van der Waals surface area contributed by atoms with Crippen molar-refractivity contribution in [1.82, 2.24) is 9.55 Å². The molecule has 0 bridgehead atoms. The Balaban J connectivity index is 0.000000711. The zero-order valence-electron chi connectivity index (χ0n) is 9.47. The third-order valence-corrected chi connectivity index (χ3v) is 2.13. The summed E-state index contributed by atoms with van der Waals surface area (Å²) in [5.41, 5.74) is 1.30. The Labute approximate surface area is 103 Å². The van der Waals surface area contributed by atoms with Gasteiger partial charge in [-0.2, -0.15) is 0 Å². The van der Waals surface area contributed by atoms with Crippen LogP contribution in [0, 0.1) is 0 Å². The summed E-state index contributed by atoms with van der Waals surface area (Å²) in [5.74, 6) is 1.10. The second-order valence-electron chi connectivity index (χ2n) is 3.12. The maximum Gasteiger partial charge on any atom is 0.112 e. The number of halogens is 1. The van der Waals surface area contributed by atoms with E-state index in [2.05, 4.69) is 42.4 Å². The number of rotatable bonds is 2. The van der Waals surface area contributed by atoms with Gasteiger partial charge < -0.3 is 4.57 Å². The van der Waals surface area contributed by atoms with E-state index in [0.29, 0.717) is 0 Å². The number of hydrogen-bond donors (Lipinski definition) is 0. The third kappa shape index (κ3) is 3.91. The standard InChI is InChI=1S/C11H12N2.C2H4.ClH/c1-13-8-7-12-11(13)9-10-5-3-2-4-6-10;1-2;/h2-8H,9H2,1H3;1-2H2;1H. The molecule has 0 amide bonds. The summed E-state index contributed by atoms with van der Waals surface area (Å²) in [5, 5.41) is 0. The maximum absolute atomic E-state index is 4.27. The zero-order valence-corrected chi connectivity index (χ0v) is 10.3. The van der Waals surface area contributed by atoms with Gasteiger partial charge in [-0.3, -0.25) is 0 Å². The number of aromatic nitrogens is 2. The molecular weight excluding hydrogens is 220 g/mol. The fourth-order valence-electron chi connectivity index (χ4n) is 1.35. The number of imidazole rings is 1. The minimum atomic E-state index is 0. The van der Waals surface area contributed by atoms with Crippen molar-refractivity contribution in [2.24, 2.45) is 7.05 Å². The molecule has 0 spiro atoms. The maximum atomic E-state index is 4.27. The van der Waals surface area contributed by atoms with Gasteiger partial charge in [0.15, 0.2) is 0 Å². The number of hydrogen-bond acceptors (Lipinski definition) is 1. The molecule has 0 saturated carbocycles. The van der Waals surface area contributed by atoms with Gasteiger partial charge >= 0.3 is 0 Å². The number of benzene rings is 1. The smallest absolute Gasteiger partial charge is 0.112 e. The SMILES string of the molecule is C=C.Cl.Cn1ccnc1Cc1ccccc1. The molecule has 0 aliphatic rings. The molecule has 1 aromatic heterocycles. The van der Waals surface area contributed by atoms with Crippen molar-refractivity contribution in [2.45, 2.75) is 6.42 Å². The molecule has 86 valence electrons. The second-order valence-corrected chi connectivity index (χ2v) is 3.12. The highest BCUT2D eigenvalue weighted by molar-refractivity contribution is 5.85. The first-order valence-corrected chi connectivity index (χ1v) is 4.86. The molecule has 0 N–H and O–H groups in total. The van der Waals surface area contributed by atoms with Gasteiger partial charge in [-0.1, -0.05) is 30.3 Å². The van der Waals surface area contributed by atoms with Crippen LogP contribution in [0.25, 0.3) is 0 Å². The third-order valence-electron chi connectivity index (χ3n) is 2.13. The van der Waals surface area contributed by atoms with E-state index in [4.69, 9.17) is 0 Å². The predicted octanol–water partition coefficient (Wildman–Crippen LogP) is 3.23. The van der Waals surface area contributed by atoms with E-state index in [0.717, 1.165) is 12.2 Å². The number of nitrogens with zero attached hydrogens (tertiary/aromatic N) is 2. The molecule has 1 aromatic carbocycles. The molecule has 0 atom stereocenters. The Kier molecular flexibility index (Phi) is 6.97. The first-order valence-electron chi connectivity index (χ1n) is 4.86. The largest absolute Gasteiger partial charge is 0.338 e. The van der Waals surface area contributed by atoms with E-state index in [-0.39, 0.29) is 12.4 Å². The first-order chi connectivity index (χ1) is 7.36. The van der Waals surface area contributed by atoms with E-state index in [1.54, 1.807) is 0 Å². The van der Waals surface area contributed by atoms with Gasteiger partial charge in [0, 0.05) is 25.9 Å². The molecule has 0 radical (unpaired) electrons. The normalized spacial score (nSPS) is 8.56. The number of aryl methyl sites for hydroxylation is 1. The van der Waals surface area contributed by atoms with Crippen molar-refractivity contribution in [3.63, 3.8) is 0 Å². The van der Waals surface area contributed by atoms with Crippen LogP contribution in [0.15, 0.2) is 55.9 Å². The Morgan fingerprint density at radius 2 is 1.81 bits per heavy atom. The molecule has 2 nitrogen and oxygen atoms in total. The lowest BCUT2D eigenvalue weighted by Gasteiger charge is -2.00. The minimum Gasteiger partial charge on any atom is -0.338 e. The molecule has 0 fully saturated rings. The van der Waals surface area contributed by atoms with Crippen LogP contribution in [0.5, 0.6) is 0 Å². The fourth-order valence-corrected chi connectivity index (χ4v) is 1.35.